The highest BCUT2D eigenvalue weighted by Gasteiger charge is 1.96. The summed E-state index contributed by atoms with van der Waals surface area (Å²) in [5.41, 5.74) is 0. The van der Waals surface area contributed by atoms with Gasteiger partial charge in [0, 0.05) is 10.7 Å². The number of halogens is 1. The molecule has 0 aromatic rings. The van der Waals surface area contributed by atoms with Crippen molar-refractivity contribution in [2.75, 3.05) is 20.8 Å². The molecule has 0 amide bonds. The summed E-state index contributed by atoms with van der Waals surface area (Å²) in [5.74, 6) is 3.09. The largest absolute Gasteiger partial charge is 0.286 e. The molecule has 0 heterocycles. The predicted octanol–water partition coefficient (Wildman–Crippen LogP) is 0.307. The lowest BCUT2D eigenvalue weighted by Crippen LogP contribution is -2.17. The summed E-state index contributed by atoms with van der Waals surface area (Å²) in [6.45, 7) is 0.228. The highest BCUT2D eigenvalue weighted by Crippen LogP contribution is 1.97. The molecule has 0 aliphatic carbocycles. The maximum Gasteiger partial charge on any atom is 0.163 e. The SMILES string of the molecule is C=S(=O)(Cl)OCN(C)C. The van der Waals surface area contributed by atoms with Crippen LogP contribution >= 0.6 is 10.7 Å². The number of hydrogen-bond donors (Lipinski definition) is 0. The molecular formula is C4H10ClNO2S. The minimum Gasteiger partial charge on any atom is -0.286 e. The third-order valence-electron chi connectivity index (χ3n) is 0.487. The summed E-state index contributed by atoms with van der Waals surface area (Å²) in [4.78, 5) is 1.70. The molecule has 0 N–H and O–H groups in total. The molecule has 1 unspecified atom stereocenters. The molecule has 0 spiro atoms. The van der Waals surface area contributed by atoms with E-state index < -0.39 is 9.02 Å². The Balaban J connectivity index is 3.53. The smallest absolute Gasteiger partial charge is 0.163 e. The van der Waals surface area contributed by atoms with Gasteiger partial charge in [0.15, 0.2) is 9.02 Å². The van der Waals surface area contributed by atoms with Gasteiger partial charge in [-0.05, 0) is 20.0 Å². The fourth-order valence-electron chi connectivity index (χ4n) is 0.184. The van der Waals surface area contributed by atoms with E-state index in [1.54, 1.807) is 19.0 Å². The third kappa shape index (κ3) is 8.23. The second-order valence-corrected chi connectivity index (χ2v) is 4.59. The van der Waals surface area contributed by atoms with Gasteiger partial charge < -0.3 is 0 Å². The molecule has 0 aromatic carbocycles. The van der Waals surface area contributed by atoms with Gasteiger partial charge in [-0.3, -0.25) is 9.08 Å². The van der Waals surface area contributed by atoms with Crippen LogP contribution in [0.15, 0.2) is 0 Å². The molecular weight excluding hydrogens is 162 g/mol. The first-order valence-corrected chi connectivity index (χ1v) is 4.75. The van der Waals surface area contributed by atoms with Gasteiger partial charge in [0.05, 0.1) is 0 Å². The lowest BCUT2D eigenvalue weighted by atomic mass is 11.0. The van der Waals surface area contributed by atoms with E-state index in [4.69, 9.17) is 10.7 Å². The van der Waals surface area contributed by atoms with Crippen LogP contribution in [-0.2, 0) is 13.2 Å². The first-order valence-electron chi connectivity index (χ1n) is 2.28. The lowest BCUT2D eigenvalue weighted by molar-refractivity contribution is 0.199. The van der Waals surface area contributed by atoms with Crippen molar-refractivity contribution in [3.63, 3.8) is 0 Å². The van der Waals surface area contributed by atoms with Crippen LogP contribution in [-0.4, -0.2) is 35.8 Å². The quantitative estimate of drug-likeness (QED) is 0.348. The first kappa shape index (κ1) is 9.23. The zero-order valence-electron chi connectivity index (χ0n) is 5.46. The summed E-state index contributed by atoms with van der Waals surface area (Å²) in [6.07, 6.45) is 0. The Kier molecular flexibility index (Phi) is 3.50. The molecule has 3 nitrogen and oxygen atoms in total. The van der Waals surface area contributed by atoms with Crippen molar-refractivity contribution >= 4 is 25.6 Å². The van der Waals surface area contributed by atoms with Crippen molar-refractivity contribution in [2.24, 2.45) is 0 Å². The van der Waals surface area contributed by atoms with Crippen LogP contribution in [0.5, 0.6) is 0 Å². The van der Waals surface area contributed by atoms with Gasteiger partial charge in [-0.25, -0.2) is 4.21 Å². The van der Waals surface area contributed by atoms with Gasteiger partial charge in [0.1, 0.15) is 6.73 Å². The topological polar surface area (TPSA) is 29.5 Å². The average Bonchev–Trinajstić information content (AvgIpc) is 1.59. The lowest BCUT2D eigenvalue weighted by Gasteiger charge is -2.08. The van der Waals surface area contributed by atoms with Crippen molar-refractivity contribution < 1.29 is 8.39 Å². The van der Waals surface area contributed by atoms with E-state index in [2.05, 4.69) is 10.1 Å². The van der Waals surface area contributed by atoms with Gasteiger partial charge in [0.2, 0.25) is 0 Å². The molecule has 0 saturated heterocycles. The van der Waals surface area contributed by atoms with E-state index in [-0.39, 0.29) is 6.73 Å². The minimum atomic E-state index is -2.79. The van der Waals surface area contributed by atoms with Gasteiger partial charge in [-0.15, -0.1) is 0 Å². The molecule has 9 heavy (non-hydrogen) atoms. The minimum absolute atomic E-state index is 0.228. The average molecular weight is 172 g/mol. The highest BCUT2D eigenvalue weighted by atomic mass is 35.7. The molecule has 56 valence electrons. The number of rotatable bonds is 3. The summed E-state index contributed by atoms with van der Waals surface area (Å²) < 4.78 is 15.1. The van der Waals surface area contributed by atoms with E-state index >= 15 is 0 Å². The normalized spacial score (nSPS) is 17.8. The van der Waals surface area contributed by atoms with E-state index in [0.717, 1.165) is 0 Å². The Morgan fingerprint density at radius 3 is 2.33 bits per heavy atom. The fraction of sp³-hybridized carbons (Fsp3) is 0.750. The van der Waals surface area contributed by atoms with Gasteiger partial charge in [0.25, 0.3) is 0 Å². The van der Waals surface area contributed by atoms with E-state index in [9.17, 15) is 4.21 Å². The highest BCUT2D eigenvalue weighted by molar-refractivity contribution is 8.17. The van der Waals surface area contributed by atoms with Crippen molar-refractivity contribution in [3.05, 3.63) is 0 Å². The van der Waals surface area contributed by atoms with Crippen LogP contribution in [0.1, 0.15) is 0 Å². The van der Waals surface area contributed by atoms with Crippen LogP contribution < -0.4 is 0 Å². The number of nitrogens with zero attached hydrogens (tertiary/aromatic N) is 1. The molecule has 1 atom stereocenters. The Morgan fingerprint density at radius 2 is 2.22 bits per heavy atom. The Morgan fingerprint density at radius 1 is 1.78 bits per heavy atom. The van der Waals surface area contributed by atoms with Gasteiger partial charge in [-0.2, -0.15) is 0 Å². The standard InChI is InChI=1S/C4H10ClNO2S/c1-6(2)4-8-9(3,5)7/h3-4H2,1-2H3. The van der Waals surface area contributed by atoms with Crippen molar-refractivity contribution in [1.82, 2.24) is 4.90 Å². The van der Waals surface area contributed by atoms with Crippen LogP contribution in [0.2, 0.25) is 0 Å². The predicted molar refractivity (Wildman–Crippen MR) is 40.8 cm³/mol. The number of hydrogen-bond acceptors (Lipinski definition) is 3. The Labute approximate surface area is 60.3 Å². The molecule has 0 saturated carbocycles. The first-order chi connectivity index (χ1) is 3.92. The molecule has 5 heteroatoms. The maximum atomic E-state index is 10.5. The van der Waals surface area contributed by atoms with Crippen LogP contribution in [0, 0.1) is 0 Å². The van der Waals surface area contributed by atoms with Crippen molar-refractivity contribution in [1.29, 1.82) is 0 Å². The Hall–Kier alpha value is 0.230. The molecule has 0 aromatic heterocycles. The Bertz CT molecular complexity index is 163. The van der Waals surface area contributed by atoms with Gasteiger partial charge >= 0.3 is 0 Å². The molecule has 0 aliphatic rings. The summed E-state index contributed by atoms with van der Waals surface area (Å²) >= 11 is 0. The third-order valence-corrected chi connectivity index (χ3v) is 1.21. The van der Waals surface area contributed by atoms with E-state index in [1.807, 2.05) is 0 Å². The van der Waals surface area contributed by atoms with Gasteiger partial charge in [-0.1, -0.05) is 0 Å². The van der Waals surface area contributed by atoms with Crippen molar-refractivity contribution in [2.45, 2.75) is 0 Å². The van der Waals surface area contributed by atoms with Crippen molar-refractivity contribution in [3.8, 4) is 0 Å². The van der Waals surface area contributed by atoms with Crippen LogP contribution in [0.3, 0.4) is 0 Å². The second kappa shape index (κ2) is 3.41. The van der Waals surface area contributed by atoms with Crippen LogP contribution in [0.25, 0.3) is 0 Å². The van der Waals surface area contributed by atoms with Crippen LogP contribution in [0.4, 0.5) is 0 Å². The summed E-state index contributed by atoms with van der Waals surface area (Å²) in [7, 11) is 5.92. The fourth-order valence-corrected chi connectivity index (χ4v) is 0.672. The summed E-state index contributed by atoms with van der Waals surface area (Å²) in [6, 6.07) is 0. The zero-order chi connectivity index (χ0) is 7.49. The molecule has 0 fully saturated rings. The molecule has 0 radical (unpaired) electrons. The zero-order valence-corrected chi connectivity index (χ0v) is 7.04. The molecule has 0 rings (SSSR count). The molecule has 0 aliphatic heterocycles. The summed E-state index contributed by atoms with van der Waals surface area (Å²) in [5, 5.41) is 0. The monoisotopic (exact) mass is 171 g/mol. The second-order valence-electron chi connectivity index (χ2n) is 1.87. The van der Waals surface area contributed by atoms with E-state index in [1.165, 1.54) is 0 Å². The maximum absolute atomic E-state index is 10.5. The van der Waals surface area contributed by atoms with E-state index in [0.29, 0.717) is 0 Å². The molecule has 0 bridgehead atoms.